The number of unbranched alkanes of at least 4 members (excludes halogenated alkanes) is 2. The van der Waals surface area contributed by atoms with Crippen LogP contribution in [0.5, 0.6) is 0 Å². The highest BCUT2D eigenvalue weighted by Gasteiger charge is 2.46. The normalized spacial score (nSPS) is 23.3. The molecule has 10 atom stereocenters. The molecule has 3 aliphatic rings. The van der Waals surface area contributed by atoms with E-state index in [1.807, 2.05) is 25.7 Å². The van der Waals surface area contributed by atoms with Gasteiger partial charge in [0.2, 0.25) is 59.2 Å². The topological polar surface area (TPSA) is 427 Å². The van der Waals surface area contributed by atoms with E-state index in [2.05, 4.69) is 57.5 Å². The zero-order valence-corrected chi connectivity index (χ0v) is 50.0. The van der Waals surface area contributed by atoms with Gasteiger partial charge in [0.1, 0.15) is 36.2 Å². The van der Waals surface area contributed by atoms with Crippen molar-refractivity contribution >= 4 is 65.0 Å². The Morgan fingerprint density at radius 1 is 0.553 bits per heavy atom. The van der Waals surface area contributed by atoms with E-state index < -0.39 is 78.8 Å². The number of aromatic nitrogens is 3. The van der Waals surface area contributed by atoms with Gasteiger partial charge >= 0.3 is 0 Å². The average molecular weight is 1210 g/mol. The molecule has 0 aromatic carbocycles. The van der Waals surface area contributed by atoms with Gasteiger partial charge in [-0.15, -0.1) is 0 Å². The molecule has 0 bridgehead atoms. The number of rotatable bonds is 37. The van der Waals surface area contributed by atoms with Crippen molar-refractivity contribution in [1.82, 2.24) is 51.8 Å². The molecule has 4 rings (SSSR count). The van der Waals surface area contributed by atoms with Crippen LogP contribution in [0.4, 0.5) is 17.8 Å². The molecular formula is C55H95N13O17. The number of ketones is 1. The molecule has 30 heteroatoms. The van der Waals surface area contributed by atoms with E-state index in [1.165, 1.54) is 13.8 Å². The van der Waals surface area contributed by atoms with Crippen molar-refractivity contribution in [3.8, 4) is 0 Å². The number of anilines is 3. The fourth-order valence-electron chi connectivity index (χ4n) is 9.66. The zero-order valence-electron chi connectivity index (χ0n) is 50.0. The van der Waals surface area contributed by atoms with Crippen molar-refractivity contribution in [1.29, 1.82) is 0 Å². The lowest BCUT2D eigenvalue weighted by Crippen LogP contribution is -2.64. The Bertz CT molecular complexity index is 2160. The van der Waals surface area contributed by atoms with Crippen molar-refractivity contribution < 1.29 is 83.2 Å². The fourth-order valence-corrected chi connectivity index (χ4v) is 9.66. The van der Waals surface area contributed by atoms with Crippen molar-refractivity contribution in [2.24, 2.45) is 11.3 Å². The number of amides is 7. The number of aliphatic hydroxyl groups is 6. The summed E-state index contributed by atoms with van der Waals surface area (Å²) in [6, 6.07) is -1.89. The van der Waals surface area contributed by atoms with Crippen LogP contribution in [0.25, 0.3) is 0 Å². The van der Waals surface area contributed by atoms with E-state index in [1.54, 1.807) is 4.90 Å². The first-order valence-corrected chi connectivity index (χ1v) is 29.7. The van der Waals surface area contributed by atoms with Gasteiger partial charge in [-0.2, -0.15) is 15.0 Å². The number of nitrogens with zero attached hydrogens (tertiary/aromatic N) is 5. The van der Waals surface area contributed by atoms with Gasteiger partial charge in [0.25, 0.3) is 0 Å². The maximum atomic E-state index is 13.1. The Balaban J connectivity index is 1.15. The van der Waals surface area contributed by atoms with Crippen LogP contribution in [0.2, 0.25) is 0 Å². The molecule has 30 nitrogen and oxygen atoms in total. The Kier molecular flexibility index (Phi) is 31.6. The lowest BCUT2D eigenvalue weighted by atomic mass is 9.79. The lowest BCUT2D eigenvalue weighted by molar-refractivity contribution is -0.270. The molecule has 14 N–H and O–H groups in total. The molecule has 1 saturated carbocycles. The second-order valence-electron chi connectivity index (χ2n) is 22.7. The molecule has 2 saturated heterocycles. The molecule has 1 aromatic heterocycles. The van der Waals surface area contributed by atoms with E-state index in [4.69, 9.17) is 14.2 Å². The van der Waals surface area contributed by atoms with E-state index in [9.17, 15) is 69.0 Å². The first-order chi connectivity index (χ1) is 40.5. The highest BCUT2D eigenvalue weighted by Crippen LogP contribution is 2.29. The summed E-state index contributed by atoms with van der Waals surface area (Å²) < 4.78 is 17.1. The smallest absolute Gasteiger partial charge is 0.232 e. The van der Waals surface area contributed by atoms with Crippen molar-refractivity contribution in [3.05, 3.63) is 0 Å². The first kappa shape index (κ1) is 71.5. The van der Waals surface area contributed by atoms with E-state index in [0.717, 1.165) is 0 Å². The predicted octanol–water partition coefficient (Wildman–Crippen LogP) is -2.92. The Hall–Kier alpha value is -5.99. The quantitative estimate of drug-likeness (QED) is 0.0297. The number of carbonyl (C=O) groups excluding carboxylic acids is 8. The molecular weight excluding hydrogens is 1110 g/mol. The van der Waals surface area contributed by atoms with Crippen molar-refractivity contribution in [2.45, 2.75) is 180 Å². The molecule has 10 unspecified atom stereocenters. The SMILES string of the molecule is CC(=O)NC1C(OCCCCC(=O)NCCCNC(=O)CCNc2nc(NCCC(=O)NCCCNC(=O)CCCCOC3OC(CO)C(O)C(O)C3NC(C)=O)nc(N3CCN(C(=O)CCCC(=O)C(C)(C)C)CC3)n2)CC(CO)C(O)C1O. The summed E-state index contributed by atoms with van der Waals surface area (Å²) in [7, 11) is 0. The molecule has 1 aromatic rings. The summed E-state index contributed by atoms with van der Waals surface area (Å²) >= 11 is 0. The highest BCUT2D eigenvalue weighted by molar-refractivity contribution is 5.84. The first-order valence-electron chi connectivity index (χ1n) is 29.7. The zero-order chi connectivity index (χ0) is 62.5. The molecule has 2 aliphatic heterocycles. The molecule has 3 heterocycles. The monoisotopic (exact) mass is 1210 g/mol. The number of piperazine rings is 1. The number of ether oxygens (including phenoxy) is 3. The maximum absolute atomic E-state index is 13.1. The van der Waals surface area contributed by atoms with Crippen LogP contribution in [0, 0.1) is 11.3 Å². The largest absolute Gasteiger partial charge is 0.396 e. The predicted molar refractivity (Wildman–Crippen MR) is 308 cm³/mol. The molecule has 1 aliphatic carbocycles. The molecule has 482 valence electrons. The number of aliphatic hydroxyl groups excluding tert-OH is 6. The second-order valence-corrected chi connectivity index (χ2v) is 22.7. The highest BCUT2D eigenvalue weighted by atomic mass is 16.7. The minimum absolute atomic E-state index is 0.0328. The van der Waals surface area contributed by atoms with Crippen molar-refractivity contribution in [2.75, 3.05) is 107 Å². The summed E-state index contributed by atoms with van der Waals surface area (Å²) in [5, 5.41) is 83.1. The van der Waals surface area contributed by atoms with Crippen LogP contribution in [-0.4, -0.2) is 244 Å². The van der Waals surface area contributed by atoms with Gasteiger partial charge in [0.15, 0.2) is 6.29 Å². The molecule has 3 fully saturated rings. The molecule has 0 spiro atoms. The third-order valence-electron chi connectivity index (χ3n) is 14.6. The minimum atomic E-state index is -1.42. The minimum Gasteiger partial charge on any atom is -0.396 e. The van der Waals surface area contributed by atoms with Gasteiger partial charge in [-0.1, -0.05) is 20.8 Å². The standard InChI is InChI=1S/C55H95N13O17/c1-34(71)62-45-37(31-36(32-69)47(79)49(45)81)83-29-8-6-14-40(74)56-19-11-21-58-42(76)17-23-60-52-64-53(66-54(65-52)68-27-25-67(26-28-68)44(78)16-10-13-39(73)55(3,4)5)61-24-18-43(77)59-22-12-20-57-41(75)15-7-9-30-84-51-46(63-35(2)72)50(82)48(80)38(33-70)85-51/h36-38,45-51,69-70,79-82H,6-33H2,1-5H3,(H,56,74)(H,57,75)(H,58,76)(H,59,77)(H,62,71)(H,63,72)(H2,60,61,64,65,66). The van der Waals surface area contributed by atoms with Crippen LogP contribution in [-0.2, 0) is 52.6 Å². The van der Waals surface area contributed by atoms with Gasteiger partial charge in [0, 0.05) is 149 Å². The Morgan fingerprint density at radius 3 is 1.54 bits per heavy atom. The van der Waals surface area contributed by atoms with Gasteiger partial charge in [-0.05, 0) is 51.4 Å². The lowest BCUT2D eigenvalue weighted by Gasteiger charge is -2.42. The summed E-state index contributed by atoms with van der Waals surface area (Å²) in [5.74, 6) is -1.57. The Morgan fingerprint density at radius 2 is 1.05 bits per heavy atom. The number of hydrogen-bond donors (Lipinski definition) is 14. The van der Waals surface area contributed by atoms with E-state index in [0.29, 0.717) is 110 Å². The molecule has 7 amide bonds. The fraction of sp³-hybridized carbons (Fsp3) is 0.800. The Labute approximate surface area is 496 Å². The second kappa shape index (κ2) is 37.5. The third-order valence-corrected chi connectivity index (χ3v) is 14.6. The van der Waals surface area contributed by atoms with Crippen LogP contribution >= 0.6 is 0 Å². The molecule has 0 radical (unpaired) electrons. The van der Waals surface area contributed by atoms with Crippen LogP contribution in [0.3, 0.4) is 0 Å². The number of carbonyl (C=O) groups is 8. The molecule has 85 heavy (non-hydrogen) atoms. The number of nitrogens with one attached hydrogen (secondary N) is 8. The van der Waals surface area contributed by atoms with E-state index >= 15 is 0 Å². The van der Waals surface area contributed by atoms with Crippen LogP contribution in [0.15, 0.2) is 0 Å². The number of Topliss-reactive ketones (excluding diaryl/α,β-unsaturated/α-hetero) is 1. The summed E-state index contributed by atoms with van der Waals surface area (Å²) in [6.45, 7) is 10.8. The number of hydrogen-bond acceptors (Lipinski definition) is 23. The average Bonchev–Trinajstić information content (AvgIpc) is 3.07. The summed E-state index contributed by atoms with van der Waals surface area (Å²) in [4.78, 5) is 117. The van der Waals surface area contributed by atoms with Gasteiger partial charge < -0.3 is 97.2 Å². The van der Waals surface area contributed by atoms with Gasteiger partial charge in [-0.25, -0.2) is 0 Å². The van der Waals surface area contributed by atoms with Crippen LogP contribution in [0.1, 0.15) is 125 Å². The van der Waals surface area contributed by atoms with Gasteiger partial charge in [0.05, 0.1) is 24.9 Å². The third kappa shape index (κ3) is 25.9. The van der Waals surface area contributed by atoms with E-state index in [-0.39, 0.29) is 125 Å². The summed E-state index contributed by atoms with van der Waals surface area (Å²) in [5.41, 5.74) is -0.465. The summed E-state index contributed by atoms with van der Waals surface area (Å²) in [6.07, 6.45) is -3.41. The van der Waals surface area contributed by atoms with Gasteiger partial charge in [-0.3, -0.25) is 38.4 Å². The van der Waals surface area contributed by atoms with Crippen LogP contribution < -0.4 is 47.4 Å². The van der Waals surface area contributed by atoms with Crippen molar-refractivity contribution in [3.63, 3.8) is 0 Å². The maximum Gasteiger partial charge on any atom is 0.232 e.